The maximum absolute atomic E-state index is 4.39. The van der Waals surface area contributed by atoms with E-state index in [0.29, 0.717) is 5.92 Å². The predicted molar refractivity (Wildman–Crippen MR) is 60.6 cm³/mol. The largest absolute Gasteiger partial charge is 0.296 e. The van der Waals surface area contributed by atoms with Gasteiger partial charge in [0.1, 0.15) is 0 Å². The molecular formula is C11H15NS. The first-order valence-corrected chi connectivity index (χ1v) is 5.61. The molecule has 0 saturated carbocycles. The van der Waals surface area contributed by atoms with E-state index in [4.69, 9.17) is 0 Å². The standard InChI is InChI=1S/C11H15NS/c1-8-5-4-6-11(2)10(8)9(12-3)7-13-11/h4-6,10H,7H2,1-3H3/b12-9+/t10-,11+/m0/s1. The molecule has 2 aliphatic rings. The minimum atomic E-state index is 0.272. The Labute approximate surface area is 84.0 Å². The van der Waals surface area contributed by atoms with E-state index < -0.39 is 0 Å². The van der Waals surface area contributed by atoms with Crippen LogP contribution in [0.4, 0.5) is 0 Å². The second kappa shape index (κ2) is 3.02. The summed E-state index contributed by atoms with van der Waals surface area (Å²) in [6.45, 7) is 4.52. The molecule has 1 saturated heterocycles. The van der Waals surface area contributed by atoms with Gasteiger partial charge in [-0.15, -0.1) is 11.8 Å². The monoisotopic (exact) mass is 193 g/mol. The molecule has 0 unspecified atom stereocenters. The normalized spacial score (nSPS) is 40.7. The zero-order valence-corrected chi connectivity index (χ0v) is 9.19. The Morgan fingerprint density at radius 3 is 3.08 bits per heavy atom. The van der Waals surface area contributed by atoms with Crippen LogP contribution in [0.15, 0.2) is 28.8 Å². The van der Waals surface area contributed by atoms with Crippen molar-refractivity contribution in [2.75, 3.05) is 12.8 Å². The minimum absolute atomic E-state index is 0.272. The van der Waals surface area contributed by atoms with Crippen molar-refractivity contribution in [3.05, 3.63) is 23.8 Å². The molecule has 0 spiro atoms. The molecular weight excluding hydrogens is 178 g/mol. The van der Waals surface area contributed by atoms with Crippen LogP contribution in [0.3, 0.4) is 0 Å². The summed E-state index contributed by atoms with van der Waals surface area (Å²) in [5.74, 6) is 1.64. The first-order chi connectivity index (χ1) is 6.17. The molecule has 1 aliphatic carbocycles. The lowest BCUT2D eigenvalue weighted by molar-refractivity contribution is 0.669. The lowest BCUT2D eigenvalue weighted by atomic mass is 9.81. The van der Waals surface area contributed by atoms with Crippen LogP contribution in [0.2, 0.25) is 0 Å². The summed E-state index contributed by atoms with van der Waals surface area (Å²) < 4.78 is 0.272. The highest BCUT2D eigenvalue weighted by Gasteiger charge is 2.43. The maximum Gasteiger partial charge on any atom is 0.0435 e. The summed E-state index contributed by atoms with van der Waals surface area (Å²) in [7, 11) is 1.91. The summed E-state index contributed by atoms with van der Waals surface area (Å²) in [6, 6.07) is 0. The minimum Gasteiger partial charge on any atom is -0.296 e. The number of hydrogen-bond acceptors (Lipinski definition) is 2. The molecule has 1 aliphatic heterocycles. The Hall–Kier alpha value is -0.500. The highest BCUT2D eigenvalue weighted by Crippen LogP contribution is 2.47. The van der Waals surface area contributed by atoms with Crippen LogP contribution in [0.1, 0.15) is 13.8 Å². The molecule has 70 valence electrons. The van der Waals surface area contributed by atoms with Crippen molar-refractivity contribution in [1.82, 2.24) is 0 Å². The Morgan fingerprint density at radius 1 is 1.62 bits per heavy atom. The van der Waals surface area contributed by atoms with Gasteiger partial charge in [0, 0.05) is 29.2 Å². The van der Waals surface area contributed by atoms with Crippen LogP contribution >= 0.6 is 11.8 Å². The van der Waals surface area contributed by atoms with Crippen molar-refractivity contribution in [3.8, 4) is 0 Å². The van der Waals surface area contributed by atoms with Crippen LogP contribution in [-0.2, 0) is 0 Å². The SMILES string of the molecule is C/N=C1\CS[C@]2(C)C=CC=C(C)[C@@H]12. The first-order valence-electron chi connectivity index (χ1n) is 4.63. The average molecular weight is 193 g/mol. The first kappa shape index (κ1) is 9.07. The van der Waals surface area contributed by atoms with Gasteiger partial charge in [-0.05, 0) is 13.8 Å². The fourth-order valence-electron chi connectivity index (χ4n) is 2.27. The quantitative estimate of drug-likeness (QED) is 0.576. The molecule has 1 heterocycles. The fourth-order valence-corrected chi connectivity index (χ4v) is 3.69. The Morgan fingerprint density at radius 2 is 2.38 bits per heavy atom. The summed E-state index contributed by atoms with van der Waals surface area (Å²) >= 11 is 2.01. The second-order valence-corrected chi connectivity index (χ2v) is 5.35. The lowest BCUT2D eigenvalue weighted by Crippen LogP contribution is -2.31. The van der Waals surface area contributed by atoms with Crippen molar-refractivity contribution in [3.63, 3.8) is 0 Å². The molecule has 2 rings (SSSR count). The van der Waals surface area contributed by atoms with E-state index in [-0.39, 0.29) is 4.75 Å². The number of thioether (sulfide) groups is 1. The lowest BCUT2D eigenvalue weighted by Gasteiger charge is -2.30. The van der Waals surface area contributed by atoms with Gasteiger partial charge in [0.25, 0.3) is 0 Å². The van der Waals surface area contributed by atoms with Crippen molar-refractivity contribution in [2.24, 2.45) is 10.9 Å². The molecule has 2 atom stereocenters. The molecule has 0 bridgehead atoms. The molecule has 0 aromatic rings. The van der Waals surface area contributed by atoms with E-state index in [0.717, 1.165) is 5.75 Å². The van der Waals surface area contributed by atoms with E-state index in [9.17, 15) is 0 Å². The second-order valence-electron chi connectivity index (χ2n) is 3.89. The van der Waals surface area contributed by atoms with E-state index >= 15 is 0 Å². The molecule has 0 aromatic carbocycles. The Balaban J connectivity index is 2.43. The highest BCUT2D eigenvalue weighted by molar-refractivity contribution is 8.02. The molecule has 1 fully saturated rings. The number of allylic oxidation sites excluding steroid dienone is 3. The fraction of sp³-hybridized carbons (Fsp3) is 0.545. The van der Waals surface area contributed by atoms with Gasteiger partial charge >= 0.3 is 0 Å². The van der Waals surface area contributed by atoms with Crippen molar-refractivity contribution in [1.29, 1.82) is 0 Å². The molecule has 13 heavy (non-hydrogen) atoms. The van der Waals surface area contributed by atoms with Gasteiger partial charge in [0.2, 0.25) is 0 Å². The molecule has 1 nitrogen and oxygen atoms in total. The summed E-state index contributed by atoms with van der Waals surface area (Å²) in [5.41, 5.74) is 2.81. The molecule has 0 aromatic heterocycles. The predicted octanol–water partition coefficient (Wildman–Crippen LogP) is 2.70. The van der Waals surface area contributed by atoms with E-state index in [2.05, 4.69) is 37.1 Å². The summed E-state index contributed by atoms with van der Waals surface area (Å²) in [6.07, 6.45) is 6.70. The van der Waals surface area contributed by atoms with Crippen molar-refractivity contribution >= 4 is 17.5 Å². The smallest absolute Gasteiger partial charge is 0.0435 e. The van der Waals surface area contributed by atoms with Crippen LogP contribution in [-0.4, -0.2) is 23.3 Å². The number of aliphatic imine (C=N–C) groups is 1. The van der Waals surface area contributed by atoms with Crippen LogP contribution in [0, 0.1) is 5.92 Å². The van der Waals surface area contributed by atoms with Gasteiger partial charge < -0.3 is 0 Å². The molecule has 0 radical (unpaired) electrons. The van der Waals surface area contributed by atoms with Gasteiger partial charge in [0.05, 0.1) is 0 Å². The number of nitrogens with zero attached hydrogens (tertiary/aromatic N) is 1. The number of rotatable bonds is 0. The van der Waals surface area contributed by atoms with Crippen molar-refractivity contribution in [2.45, 2.75) is 18.6 Å². The third kappa shape index (κ3) is 1.28. The van der Waals surface area contributed by atoms with Crippen LogP contribution < -0.4 is 0 Å². The van der Waals surface area contributed by atoms with Gasteiger partial charge in [0.15, 0.2) is 0 Å². The van der Waals surface area contributed by atoms with E-state index in [1.807, 2.05) is 18.8 Å². The zero-order chi connectivity index (χ0) is 9.47. The summed E-state index contributed by atoms with van der Waals surface area (Å²) in [4.78, 5) is 4.39. The summed E-state index contributed by atoms with van der Waals surface area (Å²) in [5, 5.41) is 0. The van der Waals surface area contributed by atoms with Crippen LogP contribution in [0.5, 0.6) is 0 Å². The number of fused-ring (bicyclic) bond motifs is 1. The van der Waals surface area contributed by atoms with E-state index in [1.165, 1.54) is 11.3 Å². The average Bonchev–Trinajstić information content (AvgIpc) is 2.43. The van der Waals surface area contributed by atoms with Gasteiger partial charge in [-0.1, -0.05) is 23.8 Å². The maximum atomic E-state index is 4.39. The molecule has 2 heteroatoms. The van der Waals surface area contributed by atoms with Crippen LogP contribution in [0.25, 0.3) is 0 Å². The third-order valence-electron chi connectivity index (χ3n) is 2.97. The van der Waals surface area contributed by atoms with Gasteiger partial charge in [-0.3, -0.25) is 4.99 Å². The molecule has 0 amide bonds. The Kier molecular flexibility index (Phi) is 2.11. The third-order valence-corrected chi connectivity index (χ3v) is 4.40. The Bertz CT molecular complexity index is 312. The zero-order valence-electron chi connectivity index (χ0n) is 8.37. The number of hydrogen-bond donors (Lipinski definition) is 0. The van der Waals surface area contributed by atoms with E-state index in [1.54, 1.807) is 0 Å². The van der Waals surface area contributed by atoms with Gasteiger partial charge in [-0.25, -0.2) is 0 Å². The highest BCUT2D eigenvalue weighted by atomic mass is 32.2. The van der Waals surface area contributed by atoms with Crippen molar-refractivity contribution < 1.29 is 0 Å². The topological polar surface area (TPSA) is 12.4 Å². The molecule has 0 N–H and O–H groups in total. The van der Waals surface area contributed by atoms with Gasteiger partial charge in [-0.2, -0.15) is 0 Å².